The van der Waals surface area contributed by atoms with Crippen LogP contribution in [-0.2, 0) is 0 Å². The highest BCUT2D eigenvalue weighted by atomic mass is 79.9. The Morgan fingerprint density at radius 1 is 1.44 bits per heavy atom. The number of aliphatic hydroxyl groups is 1. The molecule has 0 bridgehead atoms. The summed E-state index contributed by atoms with van der Waals surface area (Å²) in [6.45, 7) is 4.00. The van der Waals surface area contributed by atoms with Gasteiger partial charge in [0.2, 0.25) is 0 Å². The molecular formula is C13H17BrO4. The smallest absolute Gasteiger partial charge is 0.175 e. The number of ether oxygens (including phenoxy) is 2. The third-order valence-electron chi connectivity index (χ3n) is 2.56. The van der Waals surface area contributed by atoms with Gasteiger partial charge >= 0.3 is 0 Å². The van der Waals surface area contributed by atoms with Gasteiger partial charge in [-0.05, 0) is 34.0 Å². The molecule has 4 nitrogen and oxygen atoms in total. The molecular weight excluding hydrogens is 300 g/mol. The minimum absolute atomic E-state index is 0.115. The molecule has 1 rings (SSSR count). The van der Waals surface area contributed by atoms with Crippen LogP contribution in [0.1, 0.15) is 24.2 Å². The maximum Gasteiger partial charge on any atom is 0.175 e. The second-order valence-corrected chi connectivity index (χ2v) is 5.13. The fourth-order valence-corrected chi connectivity index (χ4v) is 1.88. The Bertz CT molecular complexity index is 418. The minimum Gasteiger partial charge on any atom is -0.493 e. The molecule has 18 heavy (non-hydrogen) atoms. The lowest BCUT2D eigenvalue weighted by molar-refractivity contribution is 0.0686. The van der Waals surface area contributed by atoms with Crippen LogP contribution in [0.4, 0.5) is 0 Å². The molecule has 0 amide bonds. The van der Waals surface area contributed by atoms with Gasteiger partial charge in [0.15, 0.2) is 11.5 Å². The standard InChI is InChI=1S/C13H17BrO4/c1-8(2)11(16)7-18-13-10(14)4-9(6-15)5-12(13)17-3/h4-6,8,11,16H,7H2,1-3H3. The Morgan fingerprint density at radius 2 is 2.11 bits per heavy atom. The molecule has 0 spiro atoms. The summed E-state index contributed by atoms with van der Waals surface area (Å²) in [5, 5.41) is 9.71. The number of hydrogen-bond acceptors (Lipinski definition) is 4. The van der Waals surface area contributed by atoms with E-state index < -0.39 is 6.10 Å². The van der Waals surface area contributed by atoms with E-state index in [4.69, 9.17) is 9.47 Å². The van der Waals surface area contributed by atoms with Crippen molar-refractivity contribution < 1.29 is 19.4 Å². The molecule has 0 saturated heterocycles. The lowest BCUT2D eigenvalue weighted by Crippen LogP contribution is -2.23. The molecule has 0 aliphatic rings. The van der Waals surface area contributed by atoms with Gasteiger partial charge in [-0.25, -0.2) is 0 Å². The molecule has 5 heteroatoms. The Hall–Kier alpha value is -1.07. The van der Waals surface area contributed by atoms with Gasteiger partial charge in [-0.15, -0.1) is 0 Å². The zero-order valence-electron chi connectivity index (χ0n) is 10.6. The van der Waals surface area contributed by atoms with Crippen molar-refractivity contribution in [1.82, 2.24) is 0 Å². The molecule has 0 heterocycles. The maximum absolute atomic E-state index is 10.7. The second-order valence-electron chi connectivity index (χ2n) is 4.27. The van der Waals surface area contributed by atoms with Gasteiger partial charge in [-0.2, -0.15) is 0 Å². The SMILES string of the molecule is COc1cc(C=O)cc(Br)c1OCC(O)C(C)C. The Kier molecular flexibility index (Phi) is 5.62. The average Bonchev–Trinajstić information content (AvgIpc) is 2.35. The number of aliphatic hydroxyl groups excluding tert-OH is 1. The summed E-state index contributed by atoms with van der Waals surface area (Å²) in [7, 11) is 1.50. The highest BCUT2D eigenvalue weighted by molar-refractivity contribution is 9.10. The van der Waals surface area contributed by atoms with E-state index in [-0.39, 0.29) is 12.5 Å². The number of aldehydes is 1. The topological polar surface area (TPSA) is 55.8 Å². The molecule has 0 aliphatic carbocycles. The number of halogens is 1. The third kappa shape index (κ3) is 3.71. The zero-order chi connectivity index (χ0) is 13.7. The number of methoxy groups -OCH3 is 1. The van der Waals surface area contributed by atoms with Gasteiger partial charge in [0, 0.05) is 5.56 Å². The molecule has 100 valence electrons. The van der Waals surface area contributed by atoms with E-state index in [0.29, 0.717) is 21.5 Å². The molecule has 1 unspecified atom stereocenters. The van der Waals surface area contributed by atoms with E-state index in [2.05, 4.69) is 15.9 Å². The number of carbonyl (C=O) groups is 1. The highest BCUT2D eigenvalue weighted by Gasteiger charge is 2.15. The van der Waals surface area contributed by atoms with Crippen LogP contribution in [-0.4, -0.2) is 31.2 Å². The molecule has 0 saturated carbocycles. The summed E-state index contributed by atoms with van der Waals surface area (Å²) in [5.41, 5.74) is 0.496. The van der Waals surface area contributed by atoms with E-state index >= 15 is 0 Å². The van der Waals surface area contributed by atoms with Crippen molar-refractivity contribution >= 4 is 22.2 Å². The van der Waals surface area contributed by atoms with Gasteiger partial charge in [0.05, 0.1) is 17.7 Å². The molecule has 0 radical (unpaired) electrons. The van der Waals surface area contributed by atoms with Crippen LogP contribution >= 0.6 is 15.9 Å². The quantitative estimate of drug-likeness (QED) is 0.820. The summed E-state index contributed by atoms with van der Waals surface area (Å²) in [6.07, 6.45) is 0.187. The van der Waals surface area contributed by atoms with Crippen molar-refractivity contribution in [3.8, 4) is 11.5 Å². The van der Waals surface area contributed by atoms with Gasteiger partial charge in [-0.3, -0.25) is 4.79 Å². The van der Waals surface area contributed by atoms with Crippen LogP contribution in [0, 0.1) is 5.92 Å². The first-order chi connectivity index (χ1) is 8.49. The lowest BCUT2D eigenvalue weighted by atomic mass is 10.1. The predicted molar refractivity (Wildman–Crippen MR) is 72.4 cm³/mol. The molecule has 1 aromatic carbocycles. The van der Waals surface area contributed by atoms with Crippen molar-refractivity contribution in [3.63, 3.8) is 0 Å². The van der Waals surface area contributed by atoms with E-state index in [1.165, 1.54) is 7.11 Å². The first-order valence-corrected chi connectivity index (χ1v) is 6.42. The Labute approximate surface area is 115 Å². The molecule has 0 fully saturated rings. The third-order valence-corrected chi connectivity index (χ3v) is 3.14. The molecule has 1 N–H and O–H groups in total. The van der Waals surface area contributed by atoms with Crippen LogP contribution in [0.3, 0.4) is 0 Å². The summed E-state index contributed by atoms with van der Waals surface area (Å²) in [4.78, 5) is 10.7. The van der Waals surface area contributed by atoms with Crippen molar-refractivity contribution in [2.75, 3.05) is 13.7 Å². The van der Waals surface area contributed by atoms with Crippen molar-refractivity contribution in [2.45, 2.75) is 20.0 Å². The number of carbonyl (C=O) groups excluding carboxylic acids is 1. The summed E-state index contributed by atoms with van der Waals surface area (Å²) < 4.78 is 11.3. The normalized spacial score (nSPS) is 12.3. The lowest BCUT2D eigenvalue weighted by Gasteiger charge is -2.18. The van der Waals surface area contributed by atoms with E-state index in [0.717, 1.165) is 6.29 Å². The molecule has 1 aromatic rings. The van der Waals surface area contributed by atoms with Crippen molar-refractivity contribution in [3.05, 3.63) is 22.2 Å². The van der Waals surface area contributed by atoms with E-state index in [1.54, 1.807) is 12.1 Å². The average molecular weight is 317 g/mol. The second kappa shape index (κ2) is 6.75. The molecule has 0 aliphatic heterocycles. The molecule has 1 atom stereocenters. The summed E-state index contributed by atoms with van der Waals surface area (Å²) >= 11 is 3.32. The first kappa shape index (κ1) is 15.0. The van der Waals surface area contributed by atoms with E-state index in [9.17, 15) is 9.90 Å². The van der Waals surface area contributed by atoms with Crippen LogP contribution in [0.2, 0.25) is 0 Å². The molecule has 0 aromatic heterocycles. The van der Waals surface area contributed by atoms with Gasteiger partial charge in [0.1, 0.15) is 12.9 Å². The fourth-order valence-electron chi connectivity index (χ4n) is 1.31. The van der Waals surface area contributed by atoms with Crippen LogP contribution in [0.5, 0.6) is 11.5 Å². The summed E-state index contributed by atoms with van der Waals surface area (Å²) in [5.74, 6) is 1.06. The van der Waals surface area contributed by atoms with Gasteiger partial charge < -0.3 is 14.6 Å². The highest BCUT2D eigenvalue weighted by Crippen LogP contribution is 2.36. The van der Waals surface area contributed by atoms with E-state index in [1.807, 2.05) is 13.8 Å². The predicted octanol–water partition coefficient (Wildman–Crippen LogP) is 2.67. The maximum atomic E-state index is 10.7. The Balaban J connectivity index is 2.91. The largest absolute Gasteiger partial charge is 0.493 e. The summed E-state index contributed by atoms with van der Waals surface area (Å²) in [6, 6.07) is 3.24. The number of rotatable bonds is 6. The minimum atomic E-state index is -0.549. The van der Waals surface area contributed by atoms with Crippen molar-refractivity contribution in [2.24, 2.45) is 5.92 Å². The van der Waals surface area contributed by atoms with Gasteiger partial charge in [0.25, 0.3) is 0 Å². The first-order valence-electron chi connectivity index (χ1n) is 5.63. The zero-order valence-corrected chi connectivity index (χ0v) is 12.2. The monoisotopic (exact) mass is 316 g/mol. The van der Waals surface area contributed by atoms with Crippen LogP contribution in [0.15, 0.2) is 16.6 Å². The fraction of sp³-hybridized carbons (Fsp3) is 0.462. The number of hydrogen-bond donors (Lipinski definition) is 1. The van der Waals surface area contributed by atoms with Crippen molar-refractivity contribution in [1.29, 1.82) is 0 Å². The van der Waals surface area contributed by atoms with Crippen LogP contribution < -0.4 is 9.47 Å². The van der Waals surface area contributed by atoms with Gasteiger partial charge in [-0.1, -0.05) is 13.8 Å². The number of benzene rings is 1. The Morgan fingerprint density at radius 3 is 2.61 bits per heavy atom. The van der Waals surface area contributed by atoms with Crippen LogP contribution in [0.25, 0.3) is 0 Å².